The van der Waals surface area contributed by atoms with Crippen molar-refractivity contribution in [2.45, 2.75) is 20.0 Å². The number of ether oxygens (including phenoxy) is 1. The monoisotopic (exact) mass is 201 g/mol. The first-order chi connectivity index (χ1) is 6.13. The predicted octanol–water partition coefficient (Wildman–Crippen LogP) is 2.75. The van der Waals surface area contributed by atoms with Crippen molar-refractivity contribution in [3.8, 4) is 11.5 Å². The summed E-state index contributed by atoms with van der Waals surface area (Å²) in [5, 5.41) is 9.20. The molecule has 0 aliphatic rings. The highest BCUT2D eigenvalue weighted by atomic mass is 35.5. The minimum atomic E-state index is 0.0468. The quantitative estimate of drug-likeness (QED) is 0.584. The van der Waals surface area contributed by atoms with Crippen molar-refractivity contribution in [2.75, 3.05) is 4.84 Å². The van der Waals surface area contributed by atoms with Gasteiger partial charge in [0.2, 0.25) is 0 Å². The van der Waals surface area contributed by atoms with Crippen LogP contribution in [0, 0.1) is 0 Å². The Kier molecular flexibility index (Phi) is 3.25. The van der Waals surface area contributed by atoms with Gasteiger partial charge in [-0.3, -0.25) is 4.84 Å². The van der Waals surface area contributed by atoms with Crippen LogP contribution in [0.4, 0.5) is 5.69 Å². The molecule has 0 atom stereocenters. The van der Waals surface area contributed by atoms with Crippen LogP contribution in [-0.2, 0) is 0 Å². The summed E-state index contributed by atoms with van der Waals surface area (Å²) in [7, 11) is 0. The normalized spacial score (nSPS) is 10.2. The van der Waals surface area contributed by atoms with Gasteiger partial charge in [0.1, 0.15) is 11.5 Å². The number of hydrogen-bond donors (Lipinski definition) is 2. The van der Waals surface area contributed by atoms with Crippen LogP contribution in [-0.4, -0.2) is 11.2 Å². The molecular formula is C9H12ClNO2. The fourth-order valence-corrected chi connectivity index (χ4v) is 1.10. The van der Waals surface area contributed by atoms with E-state index in [2.05, 4.69) is 4.84 Å². The Morgan fingerprint density at radius 1 is 1.46 bits per heavy atom. The Morgan fingerprint density at radius 3 is 2.69 bits per heavy atom. The average molecular weight is 202 g/mol. The minimum absolute atomic E-state index is 0.0468. The summed E-state index contributed by atoms with van der Waals surface area (Å²) in [6, 6.07) is 4.71. The summed E-state index contributed by atoms with van der Waals surface area (Å²) in [5.74, 6) is 0.705. The van der Waals surface area contributed by atoms with E-state index in [0.29, 0.717) is 11.4 Å². The number of anilines is 1. The number of nitrogens with one attached hydrogen (secondary N) is 1. The molecule has 0 amide bonds. The summed E-state index contributed by atoms with van der Waals surface area (Å²) >= 11 is 5.46. The number of hydrogen-bond acceptors (Lipinski definition) is 3. The molecule has 0 unspecified atom stereocenters. The van der Waals surface area contributed by atoms with E-state index in [1.165, 1.54) is 12.1 Å². The summed E-state index contributed by atoms with van der Waals surface area (Å²) < 4.78 is 5.41. The lowest BCUT2D eigenvalue weighted by atomic mass is 10.3. The molecule has 0 saturated carbocycles. The van der Waals surface area contributed by atoms with Gasteiger partial charge in [0.05, 0.1) is 11.8 Å². The van der Waals surface area contributed by atoms with E-state index >= 15 is 0 Å². The Labute approximate surface area is 82.4 Å². The van der Waals surface area contributed by atoms with Gasteiger partial charge in [0, 0.05) is 17.8 Å². The maximum atomic E-state index is 9.20. The van der Waals surface area contributed by atoms with Crippen LogP contribution in [0.2, 0.25) is 0 Å². The zero-order valence-electron chi connectivity index (χ0n) is 7.54. The number of aromatic hydroxyl groups is 1. The predicted molar refractivity (Wildman–Crippen MR) is 53.3 cm³/mol. The van der Waals surface area contributed by atoms with E-state index in [1.54, 1.807) is 6.07 Å². The average Bonchev–Trinajstić information content (AvgIpc) is 2.03. The number of halogens is 1. The second kappa shape index (κ2) is 4.23. The molecule has 0 fully saturated rings. The lowest BCUT2D eigenvalue weighted by Crippen LogP contribution is -2.06. The van der Waals surface area contributed by atoms with Gasteiger partial charge >= 0.3 is 0 Å². The SMILES string of the molecule is CC(C)Oc1cc(O)ccc1NCl. The Hall–Kier alpha value is -1.09. The van der Waals surface area contributed by atoms with Crippen LogP contribution in [0.3, 0.4) is 0 Å². The van der Waals surface area contributed by atoms with Crippen molar-refractivity contribution < 1.29 is 9.84 Å². The largest absolute Gasteiger partial charge is 0.508 e. The van der Waals surface area contributed by atoms with Gasteiger partial charge in [-0.2, -0.15) is 0 Å². The third-order valence-corrected chi connectivity index (χ3v) is 1.63. The van der Waals surface area contributed by atoms with Crippen LogP contribution in [0.25, 0.3) is 0 Å². The third kappa shape index (κ3) is 2.70. The van der Waals surface area contributed by atoms with E-state index in [4.69, 9.17) is 16.5 Å². The van der Waals surface area contributed by atoms with E-state index in [0.717, 1.165) is 0 Å². The standard InChI is InChI=1S/C9H12ClNO2/c1-6(2)13-9-5-7(12)3-4-8(9)11-10/h3-6,11-12H,1-2H3. The van der Waals surface area contributed by atoms with E-state index in [-0.39, 0.29) is 11.9 Å². The van der Waals surface area contributed by atoms with E-state index < -0.39 is 0 Å². The van der Waals surface area contributed by atoms with Crippen LogP contribution >= 0.6 is 11.8 Å². The molecule has 0 bridgehead atoms. The van der Waals surface area contributed by atoms with Gasteiger partial charge in [-0.25, -0.2) is 0 Å². The number of phenolic OH excluding ortho intramolecular Hbond substituents is 1. The van der Waals surface area contributed by atoms with Crippen molar-refractivity contribution in [1.82, 2.24) is 0 Å². The fraction of sp³-hybridized carbons (Fsp3) is 0.333. The number of rotatable bonds is 3. The van der Waals surface area contributed by atoms with Crippen molar-refractivity contribution in [3.05, 3.63) is 18.2 Å². The minimum Gasteiger partial charge on any atom is -0.508 e. The first kappa shape index (κ1) is 9.99. The Bertz CT molecular complexity index is 289. The molecule has 1 aromatic rings. The van der Waals surface area contributed by atoms with Crippen molar-refractivity contribution >= 4 is 17.5 Å². The van der Waals surface area contributed by atoms with Gasteiger partial charge in [0.25, 0.3) is 0 Å². The molecule has 0 aliphatic heterocycles. The van der Waals surface area contributed by atoms with Gasteiger partial charge in [-0.05, 0) is 26.0 Å². The Balaban J connectivity index is 2.94. The van der Waals surface area contributed by atoms with Gasteiger partial charge in [0.15, 0.2) is 0 Å². The molecule has 1 aromatic carbocycles. The van der Waals surface area contributed by atoms with Gasteiger partial charge < -0.3 is 9.84 Å². The molecule has 0 heterocycles. The summed E-state index contributed by atoms with van der Waals surface area (Å²) in [6.45, 7) is 3.81. The fourth-order valence-electron chi connectivity index (χ4n) is 0.941. The topological polar surface area (TPSA) is 41.5 Å². The molecule has 0 aliphatic carbocycles. The van der Waals surface area contributed by atoms with Crippen molar-refractivity contribution in [2.24, 2.45) is 0 Å². The lowest BCUT2D eigenvalue weighted by Gasteiger charge is -2.13. The molecule has 13 heavy (non-hydrogen) atoms. The molecule has 0 saturated heterocycles. The van der Waals surface area contributed by atoms with Crippen LogP contribution in [0.1, 0.15) is 13.8 Å². The highest BCUT2D eigenvalue weighted by Gasteiger charge is 2.05. The maximum absolute atomic E-state index is 9.20. The number of phenols is 1. The van der Waals surface area contributed by atoms with E-state index in [9.17, 15) is 5.11 Å². The zero-order chi connectivity index (χ0) is 9.84. The molecule has 2 N–H and O–H groups in total. The van der Waals surface area contributed by atoms with Gasteiger partial charge in [-0.15, -0.1) is 0 Å². The van der Waals surface area contributed by atoms with E-state index in [1.807, 2.05) is 13.8 Å². The first-order valence-electron chi connectivity index (χ1n) is 4.00. The smallest absolute Gasteiger partial charge is 0.147 e. The lowest BCUT2D eigenvalue weighted by molar-refractivity contribution is 0.243. The van der Waals surface area contributed by atoms with Crippen molar-refractivity contribution in [1.29, 1.82) is 0 Å². The molecule has 1 rings (SSSR count). The second-order valence-corrected chi connectivity index (χ2v) is 3.13. The van der Waals surface area contributed by atoms with Crippen LogP contribution in [0.15, 0.2) is 18.2 Å². The third-order valence-electron chi connectivity index (χ3n) is 1.43. The molecule has 0 radical (unpaired) electrons. The summed E-state index contributed by atoms with van der Waals surface area (Å²) in [6.07, 6.45) is 0.0468. The highest BCUT2D eigenvalue weighted by Crippen LogP contribution is 2.29. The second-order valence-electron chi connectivity index (χ2n) is 2.94. The molecule has 4 heteroatoms. The Morgan fingerprint density at radius 2 is 2.15 bits per heavy atom. The van der Waals surface area contributed by atoms with Crippen LogP contribution in [0.5, 0.6) is 11.5 Å². The molecule has 0 spiro atoms. The summed E-state index contributed by atoms with van der Waals surface area (Å²) in [4.78, 5) is 2.46. The molecule has 72 valence electrons. The van der Waals surface area contributed by atoms with Crippen LogP contribution < -0.4 is 9.57 Å². The maximum Gasteiger partial charge on any atom is 0.147 e. The summed E-state index contributed by atoms with van der Waals surface area (Å²) in [5.41, 5.74) is 0.646. The molecular weight excluding hydrogens is 190 g/mol. The van der Waals surface area contributed by atoms with Crippen molar-refractivity contribution in [3.63, 3.8) is 0 Å². The van der Waals surface area contributed by atoms with Gasteiger partial charge in [-0.1, -0.05) is 0 Å². The molecule has 0 aromatic heterocycles. The first-order valence-corrected chi connectivity index (χ1v) is 4.37. The highest BCUT2D eigenvalue weighted by molar-refractivity contribution is 6.24. The molecule has 3 nitrogen and oxygen atoms in total. The number of benzene rings is 1. The zero-order valence-corrected chi connectivity index (χ0v) is 8.30.